The van der Waals surface area contributed by atoms with E-state index in [9.17, 15) is 14.0 Å². The predicted molar refractivity (Wildman–Crippen MR) is 86.2 cm³/mol. The van der Waals surface area contributed by atoms with Gasteiger partial charge in [-0.2, -0.15) is 0 Å². The number of carbonyl (C=O) groups is 2. The minimum Gasteiger partial charge on any atom is -0.352 e. The zero-order chi connectivity index (χ0) is 16.4. The van der Waals surface area contributed by atoms with E-state index in [0.717, 1.165) is 10.4 Å². The third-order valence-electron chi connectivity index (χ3n) is 4.14. The van der Waals surface area contributed by atoms with Gasteiger partial charge in [-0.3, -0.25) is 9.59 Å². The summed E-state index contributed by atoms with van der Waals surface area (Å²) in [6, 6.07) is 9.66. The Bertz CT molecular complexity index is 700. The summed E-state index contributed by atoms with van der Waals surface area (Å²) in [7, 11) is 1.74. The van der Waals surface area contributed by atoms with Crippen LogP contribution in [0.15, 0.2) is 41.8 Å². The Morgan fingerprint density at radius 3 is 2.74 bits per heavy atom. The van der Waals surface area contributed by atoms with Gasteiger partial charge in [0.2, 0.25) is 11.8 Å². The van der Waals surface area contributed by atoms with Crippen molar-refractivity contribution in [3.63, 3.8) is 0 Å². The van der Waals surface area contributed by atoms with E-state index in [2.05, 4.69) is 5.32 Å². The number of nitrogens with one attached hydrogen (secondary N) is 1. The fourth-order valence-electron chi connectivity index (χ4n) is 2.88. The van der Waals surface area contributed by atoms with Gasteiger partial charge in [0.05, 0.1) is 12.0 Å². The van der Waals surface area contributed by atoms with Crippen LogP contribution in [0.5, 0.6) is 0 Å². The maximum atomic E-state index is 12.9. The van der Waals surface area contributed by atoms with Gasteiger partial charge >= 0.3 is 0 Å². The van der Waals surface area contributed by atoms with E-state index < -0.39 is 5.92 Å². The van der Waals surface area contributed by atoms with Gasteiger partial charge in [0, 0.05) is 24.9 Å². The molecule has 120 valence electrons. The van der Waals surface area contributed by atoms with Gasteiger partial charge in [-0.15, -0.1) is 11.3 Å². The van der Waals surface area contributed by atoms with Crippen LogP contribution in [0.4, 0.5) is 4.39 Å². The Kier molecular flexibility index (Phi) is 4.43. The molecule has 1 fully saturated rings. The summed E-state index contributed by atoms with van der Waals surface area (Å²) in [6.45, 7) is 0.324. The number of thiophene rings is 1. The second-order valence-corrected chi connectivity index (χ2v) is 6.60. The van der Waals surface area contributed by atoms with Crippen LogP contribution in [-0.4, -0.2) is 23.8 Å². The molecule has 1 aromatic heterocycles. The highest BCUT2D eigenvalue weighted by atomic mass is 32.1. The maximum absolute atomic E-state index is 12.9. The van der Waals surface area contributed by atoms with Gasteiger partial charge in [-0.05, 0) is 29.1 Å². The van der Waals surface area contributed by atoms with Crippen LogP contribution < -0.4 is 5.32 Å². The largest absolute Gasteiger partial charge is 0.352 e. The predicted octanol–water partition coefficient (Wildman–Crippen LogP) is 2.72. The van der Waals surface area contributed by atoms with Crippen molar-refractivity contribution in [2.24, 2.45) is 5.92 Å². The summed E-state index contributed by atoms with van der Waals surface area (Å²) in [5, 5.41) is 4.80. The number of carbonyl (C=O) groups excluding carboxylic acids is 2. The summed E-state index contributed by atoms with van der Waals surface area (Å²) < 4.78 is 12.9. The van der Waals surface area contributed by atoms with Crippen LogP contribution in [0.2, 0.25) is 0 Å². The van der Waals surface area contributed by atoms with Crippen molar-refractivity contribution >= 4 is 23.2 Å². The van der Waals surface area contributed by atoms with Crippen LogP contribution >= 0.6 is 11.3 Å². The lowest BCUT2D eigenvalue weighted by Gasteiger charge is -2.23. The summed E-state index contributed by atoms with van der Waals surface area (Å²) in [5.41, 5.74) is 0.824. The number of halogens is 1. The molecule has 1 aromatic carbocycles. The maximum Gasteiger partial charge on any atom is 0.226 e. The Balaban J connectivity index is 1.70. The molecule has 3 rings (SSSR count). The van der Waals surface area contributed by atoms with E-state index in [-0.39, 0.29) is 30.1 Å². The van der Waals surface area contributed by atoms with Crippen LogP contribution in [0.25, 0.3) is 0 Å². The molecule has 1 aliphatic rings. The van der Waals surface area contributed by atoms with Crippen LogP contribution in [-0.2, 0) is 16.1 Å². The third kappa shape index (κ3) is 3.27. The number of nitrogens with zero attached hydrogens (tertiary/aromatic N) is 1. The molecule has 2 aromatic rings. The second-order valence-electron chi connectivity index (χ2n) is 5.62. The molecule has 4 nitrogen and oxygen atoms in total. The molecule has 6 heteroatoms. The van der Waals surface area contributed by atoms with E-state index in [1.807, 2.05) is 17.5 Å². The van der Waals surface area contributed by atoms with Crippen molar-refractivity contribution in [3.8, 4) is 0 Å². The highest BCUT2D eigenvalue weighted by Crippen LogP contribution is 2.39. The van der Waals surface area contributed by atoms with Crippen molar-refractivity contribution < 1.29 is 14.0 Å². The zero-order valence-electron chi connectivity index (χ0n) is 12.7. The highest BCUT2D eigenvalue weighted by Gasteiger charge is 2.43. The highest BCUT2D eigenvalue weighted by molar-refractivity contribution is 7.10. The molecule has 1 N–H and O–H groups in total. The molecule has 2 heterocycles. The van der Waals surface area contributed by atoms with Gasteiger partial charge in [0.25, 0.3) is 0 Å². The molecule has 0 unspecified atom stereocenters. The Labute approximate surface area is 137 Å². The minimum atomic E-state index is -0.397. The lowest BCUT2D eigenvalue weighted by molar-refractivity contribution is -0.128. The number of hydrogen-bond acceptors (Lipinski definition) is 3. The molecule has 0 saturated carbocycles. The SMILES string of the molecule is CN1C(=O)C[C@@H](C(=O)NCc2ccc(F)cc2)[C@H]1c1cccs1. The second kappa shape index (κ2) is 6.50. The van der Waals surface area contributed by atoms with Crippen molar-refractivity contribution in [1.29, 1.82) is 0 Å². The Hall–Kier alpha value is -2.21. The topological polar surface area (TPSA) is 49.4 Å². The molecule has 2 amide bonds. The molecule has 0 radical (unpaired) electrons. The molecule has 1 aliphatic heterocycles. The molecule has 0 aliphatic carbocycles. The van der Waals surface area contributed by atoms with E-state index in [0.29, 0.717) is 6.54 Å². The molecule has 0 spiro atoms. The first-order valence-electron chi connectivity index (χ1n) is 7.37. The van der Waals surface area contributed by atoms with Gasteiger partial charge in [0.1, 0.15) is 5.82 Å². The quantitative estimate of drug-likeness (QED) is 0.936. The summed E-state index contributed by atoms with van der Waals surface area (Å²) in [5.74, 6) is -0.872. The van der Waals surface area contributed by atoms with Gasteiger partial charge in [-0.1, -0.05) is 18.2 Å². The van der Waals surface area contributed by atoms with Crippen LogP contribution in [0, 0.1) is 11.7 Å². The first-order chi connectivity index (χ1) is 11.1. The monoisotopic (exact) mass is 332 g/mol. The molecule has 0 bridgehead atoms. The van der Waals surface area contributed by atoms with E-state index in [4.69, 9.17) is 0 Å². The number of amides is 2. The smallest absolute Gasteiger partial charge is 0.226 e. The summed E-state index contributed by atoms with van der Waals surface area (Å²) in [4.78, 5) is 27.2. The van der Waals surface area contributed by atoms with Gasteiger partial charge in [0.15, 0.2) is 0 Å². The first kappa shape index (κ1) is 15.7. The van der Waals surface area contributed by atoms with Gasteiger partial charge in [-0.25, -0.2) is 4.39 Å². The number of hydrogen-bond donors (Lipinski definition) is 1. The molecule has 2 atom stereocenters. The number of likely N-dealkylation sites (tertiary alicyclic amines) is 1. The van der Waals surface area contributed by atoms with E-state index in [1.165, 1.54) is 12.1 Å². The van der Waals surface area contributed by atoms with Crippen molar-refractivity contribution in [3.05, 3.63) is 58.0 Å². The standard InChI is InChI=1S/C17H17FN2O2S/c1-20-15(21)9-13(16(20)14-3-2-8-23-14)17(22)19-10-11-4-6-12(18)7-5-11/h2-8,13,16H,9-10H2,1H3,(H,19,22)/t13-,16+/m1/s1. The van der Waals surface area contributed by atoms with Crippen LogP contribution in [0.1, 0.15) is 22.9 Å². The third-order valence-corrected chi connectivity index (χ3v) is 5.08. The molecular weight excluding hydrogens is 315 g/mol. The van der Waals surface area contributed by atoms with E-state index >= 15 is 0 Å². The lowest BCUT2D eigenvalue weighted by atomic mass is 9.98. The summed E-state index contributed by atoms with van der Waals surface area (Å²) >= 11 is 1.55. The fraction of sp³-hybridized carbons (Fsp3) is 0.294. The van der Waals surface area contributed by atoms with Gasteiger partial charge < -0.3 is 10.2 Å². The van der Waals surface area contributed by atoms with E-state index in [1.54, 1.807) is 35.4 Å². The Morgan fingerprint density at radius 2 is 2.09 bits per heavy atom. The zero-order valence-corrected chi connectivity index (χ0v) is 13.5. The number of rotatable bonds is 4. The van der Waals surface area contributed by atoms with Crippen LogP contribution in [0.3, 0.4) is 0 Å². The molecule has 23 heavy (non-hydrogen) atoms. The first-order valence-corrected chi connectivity index (χ1v) is 8.25. The minimum absolute atomic E-state index is 0.0228. The normalized spacial score (nSPS) is 20.8. The average molecular weight is 332 g/mol. The fourth-order valence-corrected chi connectivity index (χ4v) is 3.81. The average Bonchev–Trinajstić information content (AvgIpc) is 3.15. The molecular formula is C17H17FN2O2S. The number of benzene rings is 1. The lowest BCUT2D eigenvalue weighted by Crippen LogP contribution is -2.33. The Morgan fingerprint density at radius 1 is 1.35 bits per heavy atom. The van der Waals surface area contributed by atoms with Crippen molar-refractivity contribution in [1.82, 2.24) is 10.2 Å². The van der Waals surface area contributed by atoms with Crippen molar-refractivity contribution in [2.75, 3.05) is 7.05 Å². The van der Waals surface area contributed by atoms with Crippen molar-refractivity contribution in [2.45, 2.75) is 19.0 Å². The summed E-state index contributed by atoms with van der Waals surface area (Å²) in [6.07, 6.45) is 0.217. The molecule has 1 saturated heterocycles.